The lowest BCUT2D eigenvalue weighted by atomic mass is 9.97. The summed E-state index contributed by atoms with van der Waals surface area (Å²) in [5.74, 6) is 0.907. The highest BCUT2D eigenvalue weighted by atomic mass is 15.4. The lowest BCUT2D eigenvalue weighted by molar-refractivity contribution is 0.439. The largest absolute Gasteiger partial charge is 0.247 e. The normalized spacial score (nSPS) is 11.1. The van der Waals surface area contributed by atoms with Gasteiger partial charge in [0.05, 0.1) is 5.69 Å². The predicted molar refractivity (Wildman–Crippen MR) is 62.9 cm³/mol. The molecule has 4 nitrogen and oxygen atoms in total. The minimum Gasteiger partial charge on any atom is -0.247 e. The molecule has 4 heteroatoms. The van der Waals surface area contributed by atoms with Crippen molar-refractivity contribution in [3.8, 4) is 6.07 Å². The van der Waals surface area contributed by atoms with E-state index in [1.54, 1.807) is 0 Å². The Morgan fingerprint density at radius 2 is 1.94 bits per heavy atom. The van der Waals surface area contributed by atoms with E-state index in [0.29, 0.717) is 17.5 Å². The average molecular weight is 220 g/mol. The van der Waals surface area contributed by atoms with E-state index in [0.717, 1.165) is 25.1 Å². The Morgan fingerprint density at radius 1 is 1.31 bits per heavy atom. The van der Waals surface area contributed by atoms with Gasteiger partial charge in [0.25, 0.3) is 0 Å². The zero-order valence-corrected chi connectivity index (χ0v) is 10.6. The molecule has 0 aliphatic heterocycles. The van der Waals surface area contributed by atoms with Crippen molar-refractivity contribution >= 4 is 0 Å². The molecule has 0 aromatic carbocycles. The number of hydrogen-bond donors (Lipinski definition) is 0. The van der Waals surface area contributed by atoms with E-state index in [1.807, 2.05) is 4.68 Å². The molecular weight excluding hydrogens is 200 g/mol. The fourth-order valence-corrected chi connectivity index (χ4v) is 1.96. The Bertz CT molecular complexity index is 369. The molecule has 88 valence electrons. The van der Waals surface area contributed by atoms with Crippen LogP contribution >= 0.6 is 0 Å². The number of aromatic nitrogens is 3. The Morgan fingerprint density at radius 3 is 2.38 bits per heavy atom. The Kier molecular flexibility index (Phi) is 4.48. The van der Waals surface area contributed by atoms with Crippen molar-refractivity contribution in [3.63, 3.8) is 0 Å². The summed E-state index contributed by atoms with van der Waals surface area (Å²) in [6.07, 6.45) is 2.05. The molecule has 0 fully saturated rings. The molecule has 0 bridgehead atoms. The topological polar surface area (TPSA) is 54.5 Å². The molecule has 0 N–H and O–H groups in total. The third kappa shape index (κ3) is 2.60. The van der Waals surface area contributed by atoms with Gasteiger partial charge in [-0.25, -0.2) is 4.68 Å². The average Bonchev–Trinajstić information content (AvgIpc) is 2.63. The summed E-state index contributed by atoms with van der Waals surface area (Å²) >= 11 is 0. The van der Waals surface area contributed by atoms with E-state index in [-0.39, 0.29) is 0 Å². The van der Waals surface area contributed by atoms with Crippen LogP contribution in [0.15, 0.2) is 0 Å². The summed E-state index contributed by atoms with van der Waals surface area (Å²) in [6, 6.07) is 2.14. The van der Waals surface area contributed by atoms with Crippen LogP contribution in [0.25, 0.3) is 0 Å². The highest BCUT2D eigenvalue weighted by molar-refractivity contribution is 5.27. The first-order chi connectivity index (χ1) is 7.63. The Hall–Kier alpha value is -1.37. The maximum atomic E-state index is 9.04. The lowest BCUT2D eigenvalue weighted by Crippen LogP contribution is -2.13. The summed E-state index contributed by atoms with van der Waals surface area (Å²) in [6.45, 7) is 9.40. The van der Waals surface area contributed by atoms with Gasteiger partial charge in [-0.05, 0) is 18.8 Å². The molecule has 1 aromatic heterocycles. The smallest absolute Gasteiger partial charge is 0.186 e. The molecule has 0 saturated heterocycles. The second kappa shape index (κ2) is 5.64. The van der Waals surface area contributed by atoms with Crippen molar-refractivity contribution in [3.05, 3.63) is 11.4 Å². The van der Waals surface area contributed by atoms with Gasteiger partial charge < -0.3 is 0 Å². The first-order valence-electron chi connectivity index (χ1n) is 5.97. The lowest BCUT2D eigenvalue weighted by Gasteiger charge is -2.15. The van der Waals surface area contributed by atoms with Gasteiger partial charge in [0, 0.05) is 12.5 Å². The molecule has 1 aromatic rings. The van der Waals surface area contributed by atoms with Crippen molar-refractivity contribution in [1.29, 1.82) is 5.26 Å². The summed E-state index contributed by atoms with van der Waals surface area (Å²) in [7, 11) is 0. The van der Waals surface area contributed by atoms with Crippen LogP contribution in [0, 0.1) is 17.2 Å². The number of hydrogen-bond acceptors (Lipinski definition) is 3. The molecule has 0 amide bonds. The minimum atomic E-state index is 0.392. The van der Waals surface area contributed by atoms with E-state index >= 15 is 0 Å². The Labute approximate surface area is 97.3 Å². The predicted octanol–water partition coefficient (Wildman–Crippen LogP) is 2.71. The molecule has 0 aliphatic rings. The van der Waals surface area contributed by atoms with Gasteiger partial charge in [0.15, 0.2) is 5.69 Å². The van der Waals surface area contributed by atoms with Crippen LogP contribution < -0.4 is 0 Å². The van der Waals surface area contributed by atoms with Gasteiger partial charge in [0.1, 0.15) is 6.07 Å². The number of rotatable bonds is 5. The Balaban J connectivity index is 3.10. The summed E-state index contributed by atoms with van der Waals surface area (Å²) in [5, 5.41) is 17.1. The standard InChI is InChI=1S/C12H20N4/c1-5-10(6-2)12-11(7-13)14-15-16(12)8-9(3)4/h9-10H,5-6,8H2,1-4H3. The van der Waals surface area contributed by atoms with Gasteiger partial charge in [-0.2, -0.15) is 5.26 Å². The SMILES string of the molecule is CCC(CC)c1c(C#N)nnn1CC(C)C. The highest BCUT2D eigenvalue weighted by Crippen LogP contribution is 2.25. The van der Waals surface area contributed by atoms with Crippen LogP contribution in [0.4, 0.5) is 0 Å². The van der Waals surface area contributed by atoms with Crippen LogP contribution in [-0.4, -0.2) is 15.0 Å². The van der Waals surface area contributed by atoms with E-state index in [9.17, 15) is 0 Å². The summed E-state index contributed by atoms with van der Waals surface area (Å²) < 4.78 is 1.90. The van der Waals surface area contributed by atoms with E-state index < -0.39 is 0 Å². The molecule has 0 aliphatic carbocycles. The van der Waals surface area contributed by atoms with Crippen LogP contribution in [0.3, 0.4) is 0 Å². The van der Waals surface area contributed by atoms with Gasteiger partial charge >= 0.3 is 0 Å². The van der Waals surface area contributed by atoms with E-state index in [4.69, 9.17) is 5.26 Å². The zero-order valence-electron chi connectivity index (χ0n) is 10.6. The fraction of sp³-hybridized carbons (Fsp3) is 0.750. The quantitative estimate of drug-likeness (QED) is 0.766. The zero-order chi connectivity index (χ0) is 12.1. The van der Waals surface area contributed by atoms with Gasteiger partial charge in [0.2, 0.25) is 0 Å². The molecule has 0 saturated carbocycles. The van der Waals surface area contributed by atoms with Crippen LogP contribution in [0.2, 0.25) is 0 Å². The molecule has 0 atom stereocenters. The highest BCUT2D eigenvalue weighted by Gasteiger charge is 2.20. The first kappa shape index (κ1) is 12.7. The van der Waals surface area contributed by atoms with Crippen molar-refractivity contribution in [2.45, 2.75) is 53.0 Å². The third-order valence-electron chi connectivity index (χ3n) is 2.79. The fourth-order valence-electron chi connectivity index (χ4n) is 1.96. The van der Waals surface area contributed by atoms with E-state index in [1.165, 1.54) is 0 Å². The number of nitrogens with zero attached hydrogens (tertiary/aromatic N) is 4. The molecule has 0 radical (unpaired) electrons. The number of nitriles is 1. The third-order valence-corrected chi connectivity index (χ3v) is 2.79. The second-order valence-electron chi connectivity index (χ2n) is 4.52. The summed E-state index contributed by atoms with van der Waals surface area (Å²) in [4.78, 5) is 0. The van der Waals surface area contributed by atoms with E-state index in [2.05, 4.69) is 44.1 Å². The maximum Gasteiger partial charge on any atom is 0.186 e. The van der Waals surface area contributed by atoms with Crippen LogP contribution in [-0.2, 0) is 6.54 Å². The molecule has 1 heterocycles. The monoisotopic (exact) mass is 220 g/mol. The van der Waals surface area contributed by atoms with Crippen LogP contribution in [0.1, 0.15) is 57.8 Å². The second-order valence-corrected chi connectivity index (χ2v) is 4.52. The van der Waals surface area contributed by atoms with Crippen molar-refractivity contribution in [2.24, 2.45) is 5.92 Å². The minimum absolute atomic E-state index is 0.392. The van der Waals surface area contributed by atoms with Crippen molar-refractivity contribution < 1.29 is 0 Å². The van der Waals surface area contributed by atoms with Gasteiger partial charge in [-0.15, -0.1) is 5.10 Å². The van der Waals surface area contributed by atoms with Gasteiger partial charge in [-0.1, -0.05) is 32.9 Å². The molecule has 1 rings (SSSR count). The van der Waals surface area contributed by atoms with Crippen molar-refractivity contribution in [2.75, 3.05) is 0 Å². The van der Waals surface area contributed by atoms with Crippen molar-refractivity contribution in [1.82, 2.24) is 15.0 Å². The van der Waals surface area contributed by atoms with Gasteiger partial charge in [-0.3, -0.25) is 0 Å². The molecule has 0 spiro atoms. The molecule has 0 unspecified atom stereocenters. The van der Waals surface area contributed by atoms with Crippen LogP contribution in [0.5, 0.6) is 0 Å². The summed E-state index contributed by atoms with van der Waals surface area (Å²) in [5.41, 5.74) is 1.51. The molecule has 16 heavy (non-hydrogen) atoms. The molecular formula is C12H20N4. The maximum absolute atomic E-state index is 9.04. The first-order valence-corrected chi connectivity index (χ1v) is 5.97.